The van der Waals surface area contributed by atoms with Gasteiger partial charge >= 0.3 is 0 Å². The quantitative estimate of drug-likeness (QED) is 0.817. The minimum Gasteiger partial charge on any atom is -0.359 e. The number of aromatic nitrogens is 1. The van der Waals surface area contributed by atoms with Crippen LogP contribution in [0.25, 0.3) is 0 Å². The monoisotopic (exact) mass is 218 g/mol. The maximum absolute atomic E-state index is 8.54. The van der Waals surface area contributed by atoms with E-state index >= 15 is 0 Å². The van der Waals surface area contributed by atoms with E-state index in [1.54, 1.807) is 6.20 Å². The van der Waals surface area contributed by atoms with Crippen molar-refractivity contribution in [1.29, 1.82) is 5.26 Å². The van der Waals surface area contributed by atoms with Crippen molar-refractivity contribution in [3.05, 3.63) is 23.9 Å². The molecule has 16 heavy (non-hydrogen) atoms. The average Bonchev–Trinajstić information content (AvgIpc) is 2.35. The van der Waals surface area contributed by atoms with Crippen LogP contribution in [0.1, 0.15) is 24.9 Å². The average molecular weight is 218 g/mol. The van der Waals surface area contributed by atoms with Gasteiger partial charge in [-0.25, -0.2) is 4.98 Å². The van der Waals surface area contributed by atoms with Crippen molar-refractivity contribution >= 4 is 5.82 Å². The van der Waals surface area contributed by atoms with Gasteiger partial charge in [-0.15, -0.1) is 0 Å². The lowest BCUT2D eigenvalue weighted by Crippen LogP contribution is -2.20. The van der Waals surface area contributed by atoms with Gasteiger partial charge in [0.05, 0.1) is 12.5 Å². The van der Waals surface area contributed by atoms with E-state index in [9.17, 15) is 0 Å². The highest BCUT2D eigenvalue weighted by Gasteiger charge is 2.06. The maximum Gasteiger partial charge on any atom is 0.128 e. The van der Waals surface area contributed by atoms with Crippen molar-refractivity contribution in [3.63, 3.8) is 0 Å². The minimum absolute atomic E-state index is 0.311. The molecule has 0 amide bonds. The lowest BCUT2D eigenvalue weighted by atomic mass is 10.1. The molecule has 0 aliphatic rings. The first-order valence-corrected chi connectivity index (χ1v) is 5.40. The van der Waals surface area contributed by atoms with E-state index in [0.717, 1.165) is 5.82 Å². The second-order valence-corrected chi connectivity index (χ2v) is 3.79. The van der Waals surface area contributed by atoms with E-state index in [2.05, 4.69) is 29.4 Å². The number of pyridine rings is 1. The summed E-state index contributed by atoms with van der Waals surface area (Å²) in [5.74, 6) is 0.912. The van der Waals surface area contributed by atoms with Crippen LogP contribution in [-0.4, -0.2) is 25.6 Å². The molecule has 1 aromatic rings. The Morgan fingerprint density at radius 2 is 2.38 bits per heavy atom. The van der Waals surface area contributed by atoms with Gasteiger partial charge in [-0.1, -0.05) is 0 Å². The van der Waals surface area contributed by atoms with Crippen LogP contribution in [0, 0.1) is 11.3 Å². The normalized spacial score (nSPS) is 11.9. The third kappa shape index (κ3) is 3.21. The maximum atomic E-state index is 8.54. The zero-order valence-electron chi connectivity index (χ0n) is 10.1. The Labute approximate surface area is 96.9 Å². The Balaban J connectivity index is 2.78. The fraction of sp³-hybridized carbons (Fsp3) is 0.500. The molecule has 0 aliphatic carbocycles. The van der Waals surface area contributed by atoms with Crippen molar-refractivity contribution in [2.75, 3.05) is 25.5 Å². The molecule has 1 atom stereocenters. The molecule has 0 aliphatic heterocycles. The summed E-state index contributed by atoms with van der Waals surface area (Å²) in [7, 11) is 3.89. The van der Waals surface area contributed by atoms with Gasteiger partial charge in [0, 0.05) is 25.8 Å². The second-order valence-electron chi connectivity index (χ2n) is 3.79. The number of nitrogens with zero attached hydrogens (tertiary/aromatic N) is 3. The summed E-state index contributed by atoms with van der Waals surface area (Å²) < 4.78 is 0. The van der Waals surface area contributed by atoms with Gasteiger partial charge < -0.3 is 10.2 Å². The molecule has 4 nitrogen and oxygen atoms in total. The summed E-state index contributed by atoms with van der Waals surface area (Å²) in [6.45, 7) is 2.81. The van der Waals surface area contributed by atoms with E-state index in [0.29, 0.717) is 19.0 Å². The first-order chi connectivity index (χ1) is 7.69. The zero-order chi connectivity index (χ0) is 12.0. The highest BCUT2D eigenvalue weighted by molar-refractivity contribution is 5.41. The Kier molecular flexibility index (Phi) is 4.74. The number of hydrogen-bond acceptors (Lipinski definition) is 4. The van der Waals surface area contributed by atoms with Crippen molar-refractivity contribution < 1.29 is 0 Å². The summed E-state index contributed by atoms with van der Waals surface area (Å²) in [5.41, 5.74) is 1.20. The number of nitrogens with one attached hydrogen (secondary N) is 1. The summed E-state index contributed by atoms with van der Waals surface area (Å²) in [6, 6.07) is 6.50. The molecule has 4 heteroatoms. The third-order valence-corrected chi connectivity index (χ3v) is 2.65. The van der Waals surface area contributed by atoms with Crippen LogP contribution in [0.2, 0.25) is 0 Å². The minimum atomic E-state index is 0.311. The molecule has 1 heterocycles. The topological polar surface area (TPSA) is 52.0 Å². The molecule has 1 N–H and O–H groups in total. The number of hydrogen-bond donors (Lipinski definition) is 1. The van der Waals surface area contributed by atoms with E-state index in [-0.39, 0.29) is 0 Å². The van der Waals surface area contributed by atoms with Crippen molar-refractivity contribution in [2.24, 2.45) is 0 Å². The number of rotatable bonds is 5. The summed E-state index contributed by atoms with van der Waals surface area (Å²) >= 11 is 0. The molecule has 1 aromatic heterocycles. The highest BCUT2D eigenvalue weighted by atomic mass is 15.2. The molecule has 1 rings (SSSR count). The Hall–Kier alpha value is -1.60. The molecule has 0 aromatic carbocycles. The van der Waals surface area contributed by atoms with Crippen LogP contribution in [0.4, 0.5) is 5.82 Å². The second kappa shape index (κ2) is 6.09. The van der Waals surface area contributed by atoms with Crippen LogP contribution in [0.15, 0.2) is 18.3 Å². The smallest absolute Gasteiger partial charge is 0.128 e. The van der Waals surface area contributed by atoms with E-state index in [1.165, 1.54) is 5.56 Å². The van der Waals surface area contributed by atoms with Crippen LogP contribution >= 0.6 is 0 Å². The van der Waals surface area contributed by atoms with Gasteiger partial charge in [0.2, 0.25) is 0 Å². The van der Waals surface area contributed by atoms with E-state index in [4.69, 9.17) is 5.26 Å². The van der Waals surface area contributed by atoms with Gasteiger partial charge in [0.15, 0.2) is 0 Å². The predicted molar refractivity (Wildman–Crippen MR) is 65.2 cm³/mol. The lowest BCUT2D eigenvalue weighted by Gasteiger charge is -2.18. The third-order valence-electron chi connectivity index (χ3n) is 2.65. The Morgan fingerprint density at radius 3 is 3.00 bits per heavy atom. The predicted octanol–water partition coefficient (Wildman–Crippen LogP) is 1.71. The van der Waals surface area contributed by atoms with Gasteiger partial charge in [-0.2, -0.15) is 5.26 Å². The van der Waals surface area contributed by atoms with Crippen molar-refractivity contribution in [1.82, 2.24) is 10.3 Å². The molecule has 0 bridgehead atoms. The fourth-order valence-electron chi connectivity index (χ4n) is 1.41. The van der Waals surface area contributed by atoms with E-state index < -0.39 is 0 Å². The molecular formula is C12H18N4. The van der Waals surface area contributed by atoms with Crippen molar-refractivity contribution in [3.8, 4) is 6.07 Å². The Bertz CT molecular complexity index is 370. The molecule has 0 saturated carbocycles. The number of anilines is 1. The number of nitriles is 1. The largest absolute Gasteiger partial charge is 0.359 e. The highest BCUT2D eigenvalue weighted by Crippen LogP contribution is 2.16. The van der Waals surface area contributed by atoms with Gasteiger partial charge in [0.25, 0.3) is 0 Å². The summed E-state index contributed by atoms with van der Waals surface area (Å²) in [5, 5.41) is 11.7. The molecule has 0 fully saturated rings. The molecule has 0 saturated heterocycles. The fourth-order valence-corrected chi connectivity index (χ4v) is 1.41. The van der Waals surface area contributed by atoms with Crippen molar-refractivity contribution in [2.45, 2.75) is 19.4 Å². The molecule has 0 spiro atoms. The van der Waals surface area contributed by atoms with Crippen LogP contribution < -0.4 is 10.2 Å². The first-order valence-electron chi connectivity index (χ1n) is 5.40. The SMILES string of the molecule is CNC(C)c1ccnc(N(C)CCC#N)c1. The standard InChI is InChI=1S/C12H18N4/c1-10(14-2)11-5-7-15-12(9-11)16(3)8-4-6-13/h5,7,9-10,14H,4,8H2,1-3H3. The molecular weight excluding hydrogens is 200 g/mol. The molecule has 86 valence electrons. The van der Waals surface area contributed by atoms with Gasteiger partial charge in [-0.05, 0) is 31.7 Å². The van der Waals surface area contributed by atoms with Crippen LogP contribution in [-0.2, 0) is 0 Å². The van der Waals surface area contributed by atoms with Crippen LogP contribution in [0.3, 0.4) is 0 Å². The summed E-state index contributed by atoms with van der Waals surface area (Å²) in [4.78, 5) is 6.29. The first kappa shape index (κ1) is 12.5. The zero-order valence-corrected chi connectivity index (χ0v) is 10.1. The van der Waals surface area contributed by atoms with Crippen LogP contribution in [0.5, 0.6) is 0 Å². The van der Waals surface area contributed by atoms with E-state index in [1.807, 2.05) is 25.1 Å². The lowest BCUT2D eigenvalue weighted by molar-refractivity contribution is 0.651. The summed E-state index contributed by atoms with van der Waals surface area (Å²) in [6.07, 6.45) is 2.32. The molecule has 0 radical (unpaired) electrons. The van der Waals surface area contributed by atoms with Gasteiger partial charge in [-0.3, -0.25) is 0 Å². The molecule has 1 unspecified atom stereocenters. The Morgan fingerprint density at radius 1 is 1.62 bits per heavy atom. The van der Waals surface area contributed by atoms with Gasteiger partial charge in [0.1, 0.15) is 5.82 Å².